The molecule has 0 bridgehead atoms. The molecule has 2 heterocycles. The standard InChI is InChI=1S/C16H22B2N2O3/c1-6-7-14-12(8-9-20(14)17)13(10-19-11-21)18-22-15(2,3)16(4,5)23-18/h6,8-11H,1,7H2,2-5H3,(H,19,21)/b13-10+. The van der Waals surface area contributed by atoms with Crippen LogP contribution in [-0.2, 0) is 20.5 Å². The zero-order chi connectivity index (χ0) is 17.3. The van der Waals surface area contributed by atoms with Gasteiger partial charge in [-0.1, -0.05) is 6.08 Å². The topological polar surface area (TPSA) is 52.5 Å². The molecule has 1 N–H and O–H groups in total. The lowest BCUT2D eigenvalue weighted by molar-refractivity contribution is -0.108. The molecule has 0 aromatic carbocycles. The lowest BCUT2D eigenvalue weighted by Crippen LogP contribution is -2.41. The van der Waals surface area contributed by atoms with Gasteiger partial charge in [-0.3, -0.25) is 4.79 Å². The van der Waals surface area contributed by atoms with Gasteiger partial charge in [-0.05, 0) is 45.5 Å². The molecule has 0 atom stereocenters. The van der Waals surface area contributed by atoms with Crippen LogP contribution in [0.3, 0.4) is 0 Å². The molecule has 2 rings (SSSR count). The number of hydrogen-bond donors (Lipinski definition) is 1. The summed E-state index contributed by atoms with van der Waals surface area (Å²) in [5.41, 5.74) is 1.51. The fourth-order valence-corrected chi connectivity index (χ4v) is 2.46. The highest BCUT2D eigenvalue weighted by atomic mass is 16.7. The van der Waals surface area contributed by atoms with E-state index >= 15 is 0 Å². The van der Waals surface area contributed by atoms with Gasteiger partial charge in [-0.2, -0.15) is 0 Å². The van der Waals surface area contributed by atoms with E-state index in [9.17, 15) is 4.79 Å². The number of aromatic nitrogens is 1. The summed E-state index contributed by atoms with van der Waals surface area (Å²) in [4.78, 5) is 10.7. The van der Waals surface area contributed by atoms with Gasteiger partial charge in [0.05, 0.1) is 11.2 Å². The van der Waals surface area contributed by atoms with Crippen molar-refractivity contribution in [1.82, 2.24) is 9.79 Å². The molecule has 1 aromatic heterocycles. The highest BCUT2D eigenvalue weighted by Gasteiger charge is 2.52. The minimum absolute atomic E-state index is 0.470. The van der Waals surface area contributed by atoms with Crippen LogP contribution in [0.5, 0.6) is 0 Å². The van der Waals surface area contributed by atoms with Crippen LogP contribution in [-0.4, -0.2) is 37.2 Å². The fourth-order valence-electron chi connectivity index (χ4n) is 2.46. The second-order valence-corrected chi connectivity index (χ2v) is 6.55. The first-order valence-electron chi connectivity index (χ1n) is 7.55. The predicted octanol–water partition coefficient (Wildman–Crippen LogP) is 1.87. The van der Waals surface area contributed by atoms with Crippen molar-refractivity contribution in [3.05, 3.63) is 42.4 Å². The SMILES string of the molecule is [B]n1ccc(/C(=C\NC=O)B2OC(C)(C)C(C)(C)O2)c1CC=C. The normalized spacial score (nSPS) is 19.7. The molecule has 2 radical (unpaired) electrons. The minimum Gasteiger partial charge on any atom is -0.406 e. The smallest absolute Gasteiger partial charge is 0.406 e. The van der Waals surface area contributed by atoms with E-state index in [1.807, 2.05) is 33.8 Å². The van der Waals surface area contributed by atoms with E-state index in [-0.39, 0.29) is 0 Å². The molecule has 1 fully saturated rings. The van der Waals surface area contributed by atoms with Gasteiger partial charge in [0.1, 0.15) is 0 Å². The Bertz CT molecular complexity index is 619. The van der Waals surface area contributed by atoms with Crippen molar-refractivity contribution < 1.29 is 14.1 Å². The Morgan fingerprint density at radius 3 is 2.52 bits per heavy atom. The number of carbonyl (C=O) groups excluding carboxylic acids is 1. The summed E-state index contributed by atoms with van der Waals surface area (Å²) >= 11 is 0. The van der Waals surface area contributed by atoms with E-state index in [4.69, 9.17) is 17.3 Å². The number of allylic oxidation sites excluding steroid dienone is 1. The van der Waals surface area contributed by atoms with Crippen LogP contribution < -0.4 is 5.32 Å². The first kappa shape index (κ1) is 17.6. The Balaban J connectivity index is 2.44. The largest absolute Gasteiger partial charge is 0.497 e. The molecule has 1 amide bonds. The average Bonchev–Trinajstić information content (AvgIpc) is 2.90. The van der Waals surface area contributed by atoms with Gasteiger partial charge in [0.25, 0.3) is 0 Å². The Morgan fingerprint density at radius 1 is 1.39 bits per heavy atom. The van der Waals surface area contributed by atoms with E-state index in [1.54, 1.807) is 18.5 Å². The van der Waals surface area contributed by atoms with Crippen molar-refractivity contribution in [1.29, 1.82) is 0 Å². The van der Waals surface area contributed by atoms with Crippen molar-refractivity contribution in [3.8, 4) is 0 Å². The average molecular weight is 312 g/mol. The Kier molecular flexibility index (Phi) is 4.92. The third-order valence-corrected chi connectivity index (χ3v) is 4.49. The number of hydrogen-bond acceptors (Lipinski definition) is 3. The summed E-state index contributed by atoms with van der Waals surface area (Å²) in [6, 6.07) is 1.88. The Hall–Kier alpha value is -1.72. The highest BCUT2D eigenvalue weighted by Crippen LogP contribution is 2.40. The number of rotatable bonds is 6. The van der Waals surface area contributed by atoms with Crippen LogP contribution in [0, 0.1) is 0 Å². The summed E-state index contributed by atoms with van der Waals surface area (Å²) in [6.07, 6.45) is 6.33. The summed E-state index contributed by atoms with van der Waals surface area (Å²) in [5.74, 6) is 0. The van der Waals surface area contributed by atoms with Gasteiger partial charge < -0.3 is 19.1 Å². The summed E-state index contributed by atoms with van der Waals surface area (Å²) in [5, 5.41) is 2.58. The van der Waals surface area contributed by atoms with E-state index in [0.29, 0.717) is 12.8 Å². The first-order chi connectivity index (χ1) is 10.7. The van der Waals surface area contributed by atoms with Crippen molar-refractivity contribution >= 4 is 27.0 Å². The summed E-state index contributed by atoms with van der Waals surface area (Å²) < 4.78 is 13.7. The number of amides is 1. The molecule has 1 saturated heterocycles. The molecule has 0 saturated carbocycles. The van der Waals surface area contributed by atoms with E-state index in [0.717, 1.165) is 16.7 Å². The maximum Gasteiger partial charge on any atom is 0.497 e. The molecule has 1 aromatic rings. The van der Waals surface area contributed by atoms with Crippen LogP contribution in [0.15, 0.2) is 31.1 Å². The van der Waals surface area contributed by atoms with E-state index in [2.05, 4.69) is 11.9 Å². The predicted molar refractivity (Wildman–Crippen MR) is 92.7 cm³/mol. The molecule has 0 aliphatic carbocycles. The van der Waals surface area contributed by atoms with Crippen LogP contribution in [0.1, 0.15) is 39.0 Å². The van der Waals surface area contributed by atoms with Gasteiger partial charge >= 0.3 is 7.12 Å². The van der Waals surface area contributed by atoms with Gasteiger partial charge in [0.15, 0.2) is 0 Å². The first-order valence-corrected chi connectivity index (χ1v) is 7.55. The lowest BCUT2D eigenvalue weighted by Gasteiger charge is -2.32. The van der Waals surface area contributed by atoms with Gasteiger partial charge in [0, 0.05) is 23.8 Å². The highest BCUT2D eigenvalue weighted by molar-refractivity contribution is 6.69. The Morgan fingerprint density at radius 2 is 2.00 bits per heavy atom. The maximum atomic E-state index is 10.7. The molecular formula is C16H22B2N2O3. The molecule has 5 nitrogen and oxygen atoms in total. The molecule has 23 heavy (non-hydrogen) atoms. The minimum atomic E-state index is -0.599. The van der Waals surface area contributed by atoms with Crippen molar-refractivity contribution in [2.45, 2.75) is 45.3 Å². The molecule has 0 spiro atoms. The second kappa shape index (κ2) is 6.41. The van der Waals surface area contributed by atoms with E-state index in [1.165, 1.54) is 4.48 Å². The molecule has 7 heteroatoms. The molecule has 120 valence electrons. The van der Waals surface area contributed by atoms with E-state index < -0.39 is 18.3 Å². The fraction of sp³-hybridized carbons (Fsp3) is 0.438. The number of nitrogens with one attached hydrogen (secondary N) is 1. The van der Waals surface area contributed by atoms with Gasteiger partial charge in [-0.25, -0.2) is 0 Å². The molecule has 1 aliphatic heterocycles. The second-order valence-electron chi connectivity index (χ2n) is 6.55. The van der Waals surface area contributed by atoms with Crippen LogP contribution in [0.4, 0.5) is 0 Å². The Labute approximate surface area is 139 Å². The monoisotopic (exact) mass is 312 g/mol. The number of nitrogens with zero attached hydrogens (tertiary/aromatic N) is 1. The summed E-state index contributed by atoms with van der Waals surface area (Å²) in [7, 11) is 5.37. The summed E-state index contributed by atoms with van der Waals surface area (Å²) in [6.45, 7) is 11.7. The third-order valence-electron chi connectivity index (χ3n) is 4.49. The van der Waals surface area contributed by atoms with Gasteiger partial charge in [0.2, 0.25) is 14.4 Å². The zero-order valence-corrected chi connectivity index (χ0v) is 14.1. The zero-order valence-electron chi connectivity index (χ0n) is 14.1. The van der Waals surface area contributed by atoms with Crippen LogP contribution in [0.25, 0.3) is 5.47 Å². The van der Waals surface area contributed by atoms with Crippen LogP contribution in [0.2, 0.25) is 0 Å². The third kappa shape index (κ3) is 3.31. The van der Waals surface area contributed by atoms with Gasteiger partial charge in [-0.15, -0.1) is 6.58 Å². The quantitative estimate of drug-likeness (QED) is 0.496. The number of carbonyl (C=O) groups is 1. The molecule has 1 aliphatic rings. The maximum absolute atomic E-state index is 10.7. The molecule has 0 unspecified atom stereocenters. The van der Waals surface area contributed by atoms with Crippen LogP contribution >= 0.6 is 0 Å². The van der Waals surface area contributed by atoms with Crippen molar-refractivity contribution in [2.24, 2.45) is 0 Å². The van der Waals surface area contributed by atoms with Crippen molar-refractivity contribution in [3.63, 3.8) is 0 Å². The van der Waals surface area contributed by atoms with Crippen molar-refractivity contribution in [2.75, 3.05) is 0 Å². The lowest BCUT2D eigenvalue weighted by atomic mass is 9.74. The molecular weight excluding hydrogens is 290 g/mol.